The van der Waals surface area contributed by atoms with E-state index in [0.29, 0.717) is 11.4 Å². The fourth-order valence-corrected chi connectivity index (χ4v) is 3.79. The third kappa shape index (κ3) is 3.14. The summed E-state index contributed by atoms with van der Waals surface area (Å²) in [5.41, 5.74) is 1.84. The lowest BCUT2D eigenvalue weighted by molar-refractivity contribution is 0.218. The fraction of sp³-hybridized carbons (Fsp3) is 0.421. The molecule has 1 unspecified atom stereocenters. The van der Waals surface area contributed by atoms with Gasteiger partial charge in [0.05, 0.1) is 12.1 Å². The van der Waals surface area contributed by atoms with Gasteiger partial charge in [-0.3, -0.25) is 9.88 Å². The molecule has 0 amide bonds. The second kappa shape index (κ2) is 6.52. The van der Waals surface area contributed by atoms with E-state index in [-0.39, 0.29) is 5.82 Å². The minimum atomic E-state index is -0.210. The molecule has 1 fully saturated rings. The summed E-state index contributed by atoms with van der Waals surface area (Å²) in [7, 11) is 0. The van der Waals surface area contributed by atoms with Crippen molar-refractivity contribution < 1.29 is 4.39 Å². The second-order valence-electron chi connectivity index (χ2n) is 6.76. The van der Waals surface area contributed by atoms with Crippen molar-refractivity contribution in [2.75, 3.05) is 6.54 Å². The Labute approximate surface area is 146 Å². The largest absolute Gasteiger partial charge is 0.294 e. The first-order valence-corrected chi connectivity index (χ1v) is 8.76. The number of halogens is 1. The van der Waals surface area contributed by atoms with E-state index in [9.17, 15) is 4.39 Å². The molecule has 0 spiro atoms. The smallest absolute Gasteiger partial charge is 0.147 e. The third-order valence-corrected chi connectivity index (χ3v) is 5.02. The highest BCUT2D eigenvalue weighted by Crippen LogP contribution is 2.26. The fourth-order valence-electron chi connectivity index (χ4n) is 3.79. The number of nitrogens with zero attached hydrogens (tertiary/aromatic N) is 5. The molecule has 1 aliphatic rings. The number of likely N-dealkylation sites (tertiary alicyclic amines) is 1. The van der Waals surface area contributed by atoms with E-state index in [4.69, 9.17) is 0 Å². The van der Waals surface area contributed by atoms with Crippen LogP contribution < -0.4 is 0 Å². The molecule has 0 N–H and O–H groups in total. The molecule has 0 radical (unpaired) electrons. The number of aromatic nitrogens is 4. The van der Waals surface area contributed by atoms with Crippen molar-refractivity contribution in [1.29, 1.82) is 0 Å². The molecule has 1 saturated heterocycles. The van der Waals surface area contributed by atoms with Crippen LogP contribution in [0.4, 0.5) is 4.39 Å². The lowest BCUT2D eigenvalue weighted by atomic mass is 10.1. The topological polar surface area (TPSA) is 46.8 Å². The Balaban J connectivity index is 1.58. The van der Waals surface area contributed by atoms with E-state index in [2.05, 4.69) is 20.0 Å². The van der Waals surface area contributed by atoms with Gasteiger partial charge < -0.3 is 0 Å². The zero-order chi connectivity index (χ0) is 17.4. The van der Waals surface area contributed by atoms with Crippen LogP contribution in [0.25, 0.3) is 10.9 Å². The van der Waals surface area contributed by atoms with Crippen molar-refractivity contribution in [3.8, 4) is 0 Å². The molecule has 0 saturated carbocycles. The first kappa shape index (κ1) is 16.1. The summed E-state index contributed by atoms with van der Waals surface area (Å²) in [6.45, 7) is 6.59. The summed E-state index contributed by atoms with van der Waals surface area (Å²) in [4.78, 5) is 11.3. The van der Waals surface area contributed by atoms with Crippen LogP contribution in [0.3, 0.4) is 0 Å². The average Bonchev–Trinajstić information content (AvgIpc) is 3.17. The highest BCUT2D eigenvalue weighted by Gasteiger charge is 2.26. The molecule has 4 rings (SSSR count). The predicted molar refractivity (Wildman–Crippen MR) is 94.6 cm³/mol. The van der Waals surface area contributed by atoms with E-state index in [0.717, 1.165) is 48.8 Å². The monoisotopic (exact) mass is 339 g/mol. The summed E-state index contributed by atoms with van der Waals surface area (Å²) in [5.74, 6) is 1.56. The van der Waals surface area contributed by atoms with Crippen molar-refractivity contribution in [3.63, 3.8) is 0 Å². The SMILES string of the molecule is Cc1nc(C)n(CC2CCCN2Cc2ccc(F)c3cccnc23)n1. The quantitative estimate of drug-likeness (QED) is 0.732. The molecular weight excluding hydrogens is 317 g/mol. The van der Waals surface area contributed by atoms with Crippen LogP contribution in [0.1, 0.15) is 30.1 Å². The Kier molecular flexibility index (Phi) is 4.21. The van der Waals surface area contributed by atoms with E-state index < -0.39 is 0 Å². The average molecular weight is 339 g/mol. The molecule has 3 heterocycles. The van der Waals surface area contributed by atoms with Gasteiger partial charge in [0.15, 0.2) is 0 Å². The van der Waals surface area contributed by atoms with E-state index in [1.54, 1.807) is 24.4 Å². The van der Waals surface area contributed by atoms with Gasteiger partial charge in [0.2, 0.25) is 0 Å². The number of pyridine rings is 1. The maximum atomic E-state index is 14.0. The highest BCUT2D eigenvalue weighted by molar-refractivity contribution is 5.82. The molecule has 25 heavy (non-hydrogen) atoms. The van der Waals surface area contributed by atoms with E-state index in [1.165, 1.54) is 6.42 Å². The van der Waals surface area contributed by atoms with Crippen LogP contribution in [-0.4, -0.2) is 37.2 Å². The molecule has 1 aromatic carbocycles. The van der Waals surface area contributed by atoms with Crippen LogP contribution in [0.2, 0.25) is 0 Å². The van der Waals surface area contributed by atoms with Gasteiger partial charge in [0, 0.05) is 24.2 Å². The summed E-state index contributed by atoms with van der Waals surface area (Å²) < 4.78 is 16.0. The lowest BCUT2D eigenvalue weighted by Crippen LogP contribution is -2.33. The molecule has 1 aliphatic heterocycles. The van der Waals surface area contributed by atoms with E-state index in [1.807, 2.05) is 24.6 Å². The number of rotatable bonds is 4. The van der Waals surface area contributed by atoms with Crippen LogP contribution in [-0.2, 0) is 13.1 Å². The minimum absolute atomic E-state index is 0.210. The number of hydrogen-bond acceptors (Lipinski definition) is 4. The van der Waals surface area contributed by atoms with Gasteiger partial charge in [0.25, 0.3) is 0 Å². The minimum Gasteiger partial charge on any atom is -0.294 e. The van der Waals surface area contributed by atoms with Gasteiger partial charge in [-0.1, -0.05) is 6.07 Å². The Morgan fingerprint density at radius 1 is 1.24 bits per heavy atom. The Bertz CT molecular complexity index is 904. The van der Waals surface area contributed by atoms with Crippen LogP contribution in [0, 0.1) is 19.7 Å². The number of hydrogen-bond donors (Lipinski definition) is 0. The van der Waals surface area contributed by atoms with Crippen LogP contribution in [0.5, 0.6) is 0 Å². The molecular formula is C19H22FN5. The molecule has 0 aliphatic carbocycles. The lowest BCUT2D eigenvalue weighted by Gasteiger charge is -2.25. The van der Waals surface area contributed by atoms with Gasteiger partial charge in [-0.15, -0.1) is 0 Å². The highest BCUT2D eigenvalue weighted by atomic mass is 19.1. The molecule has 0 bridgehead atoms. The first-order valence-electron chi connectivity index (χ1n) is 8.76. The van der Waals surface area contributed by atoms with Crippen molar-refractivity contribution in [2.45, 2.75) is 45.8 Å². The van der Waals surface area contributed by atoms with Gasteiger partial charge in [0.1, 0.15) is 17.5 Å². The number of fused-ring (bicyclic) bond motifs is 1. The Morgan fingerprint density at radius 2 is 2.12 bits per heavy atom. The summed E-state index contributed by atoms with van der Waals surface area (Å²) in [5, 5.41) is 5.09. The zero-order valence-corrected chi connectivity index (χ0v) is 14.6. The predicted octanol–water partition coefficient (Wildman–Crippen LogP) is 3.25. The number of aryl methyl sites for hydroxylation is 2. The normalized spacial score (nSPS) is 18.3. The van der Waals surface area contributed by atoms with Crippen molar-refractivity contribution >= 4 is 10.9 Å². The van der Waals surface area contributed by atoms with Crippen molar-refractivity contribution in [3.05, 3.63) is 53.5 Å². The van der Waals surface area contributed by atoms with Crippen molar-refractivity contribution in [1.82, 2.24) is 24.6 Å². The maximum absolute atomic E-state index is 14.0. The molecule has 6 heteroatoms. The molecule has 1 atom stereocenters. The first-order chi connectivity index (χ1) is 12.1. The van der Waals surface area contributed by atoms with E-state index >= 15 is 0 Å². The molecule has 5 nitrogen and oxygen atoms in total. The summed E-state index contributed by atoms with van der Waals surface area (Å²) in [6, 6.07) is 7.41. The van der Waals surface area contributed by atoms with Crippen LogP contribution in [0.15, 0.2) is 30.5 Å². The van der Waals surface area contributed by atoms with Crippen molar-refractivity contribution in [2.24, 2.45) is 0 Å². The van der Waals surface area contributed by atoms with Crippen LogP contribution >= 0.6 is 0 Å². The molecule has 130 valence electrons. The third-order valence-electron chi connectivity index (χ3n) is 5.02. The Morgan fingerprint density at radius 3 is 2.92 bits per heavy atom. The zero-order valence-electron chi connectivity index (χ0n) is 14.6. The second-order valence-corrected chi connectivity index (χ2v) is 6.76. The van der Waals surface area contributed by atoms with Gasteiger partial charge in [-0.05, 0) is 57.0 Å². The Hall–Kier alpha value is -2.34. The summed E-state index contributed by atoms with van der Waals surface area (Å²) in [6.07, 6.45) is 4.04. The molecule has 2 aromatic heterocycles. The van der Waals surface area contributed by atoms with Gasteiger partial charge >= 0.3 is 0 Å². The molecule has 3 aromatic rings. The summed E-state index contributed by atoms with van der Waals surface area (Å²) >= 11 is 0. The standard InChI is InChI=1S/C19H22FN5/c1-13-22-14(2)25(23-13)12-16-5-4-10-24(16)11-15-7-8-18(20)17-6-3-9-21-19(15)17/h3,6-9,16H,4-5,10-12H2,1-2H3. The van der Waals surface area contributed by atoms with Gasteiger partial charge in [-0.25, -0.2) is 14.1 Å². The van der Waals surface area contributed by atoms with Gasteiger partial charge in [-0.2, -0.15) is 5.10 Å². The maximum Gasteiger partial charge on any atom is 0.147 e. The number of benzene rings is 1.